The molecule has 624 valence electrons. The first-order valence-corrected chi connectivity index (χ1v) is 45.2. The lowest BCUT2D eigenvalue weighted by Gasteiger charge is -2.44. The van der Waals surface area contributed by atoms with Gasteiger partial charge in [0.1, 0.15) is 17.0 Å². The number of sulfonamides is 1. The van der Waals surface area contributed by atoms with E-state index in [1.54, 1.807) is 17.6 Å². The summed E-state index contributed by atoms with van der Waals surface area (Å²) in [4.78, 5) is 86.0. The Balaban J connectivity index is 0.622. The number of aromatic nitrogens is 1. The number of piperazine rings is 2. The number of halogens is 4. The number of alkyl halides is 3. The van der Waals surface area contributed by atoms with Gasteiger partial charge in [-0.15, -0.1) is 23.1 Å². The number of amides is 5. The number of nitrogens with one attached hydrogen (secondary N) is 4. The maximum atomic E-state index is 14.5. The number of hydrogen-bond donors (Lipinski definition) is 5. The van der Waals surface area contributed by atoms with Crippen molar-refractivity contribution in [2.24, 2.45) is 10.8 Å². The molecule has 6 atom stereocenters. The molecule has 0 bridgehead atoms. The van der Waals surface area contributed by atoms with Crippen LogP contribution in [0.3, 0.4) is 0 Å². The Morgan fingerprint density at radius 2 is 1.53 bits per heavy atom. The number of benzene rings is 4. The van der Waals surface area contributed by atoms with Gasteiger partial charge in [-0.05, 0) is 172 Å². The van der Waals surface area contributed by atoms with Crippen molar-refractivity contribution in [2.45, 2.75) is 188 Å². The Morgan fingerprint density at radius 3 is 2.18 bits per heavy atom. The molecule has 4 aromatic carbocycles. The Bertz CT molecular complexity index is 4600. The van der Waals surface area contributed by atoms with Crippen molar-refractivity contribution < 1.29 is 63.8 Å². The van der Waals surface area contributed by atoms with Gasteiger partial charge in [0.25, 0.3) is 25.8 Å². The Morgan fingerprint density at radius 1 is 0.843 bits per heavy atom. The highest BCUT2D eigenvalue weighted by Gasteiger charge is 2.51. The predicted octanol–water partition coefficient (Wildman–Crippen LogP) is 12.8. The van der Waals surface area contributed by atoms with E-state index in [0.717, 1.165) is 134 Å². The van der Waals surface area contributed by atoms with E-state index >= 15 is 0 Å². The molecule has 5 fully saturated rings. The van der Waals surface area contributed by atoms with Crippen LogP contribution in [-0.4, -0.2) is 226 Å². The number of ether oxygens (including phenoxy) is 1. The number of carbonyl (C=O) groups excluding carboxylic acids is 5. The monoisotopic (exact) mass is 1680 g/mol. The van der Waals surface area contributed by atoms with E-state index in [-0.39, 0.29) is 47.7 Å². The minimum atomic E-state index is -6.12. The van der Waals surface area contributed by atoms with Gasteiger partial charge in [-0.3, -0.25) is 38.7 Å². The lowest BCUT2D eigenvalue weighted by atomic mass is 9.71. The van der Waals surface area contributed by atoms with Crippen LogP contribution in [0.1, 0.15) is 152 Å². The number of rotatable bonds is 33. The minimum absolute atomic E-state index is 0.0332. The molecule has 0 unspecified atom stereocenters. The van der Waals surface area contributed by atoms with Gasteiger partial charge in [0.05, 0.1) is 52.0 Å². The second-order valence-corrected chi connectivity index (χ2v) is 38.9. The van der Waals surface area contributed by atoms with Crippen LogP contribution >= 0.6 is 34.7 Å². The highest BCUT2D eigenvalue weighted by molar-refractivity contribution is 7.99. The fourth-order valence-corrected chi connectivity index (χ4v) is 20.2. The first-order valence-electron chi connectivity index (χ1n) is 40.0. The summed E-state index contributed by atoms with van der Waals surface area (Å²) >= 11 is 9.36. The van der Waals surface area contributed by atoms with E-state index in [2.05, 4.69) is 66.2 Å². The number of likely N-dealkylation sites (tertiary alicyclic amines) is 1. The molecule has 30 heteroatoms. The number of aliphatic hydroxyl groups is 1. The van der Waals surface area contributed by atoms with Crippen molar-refractivity contribution in [1.29, 1.82) is 0 Å². The first-order chi connectivity index (χ1) is 54.6. The van der Waals surface area contributed by atoms with Crippen LogP contribution in [-0.2, 0) is 43.8 Å². The minimum Gasteiger partial charge on any atom is -0.391 e. The summed E-state index contributed by atoms with van der Waals surface area (Å²) in [5, 5.41) is 20.5. The first kappa shape index (κ1) is 88.4. The fraction of sp³-hybridized carbons (Fsp3) is 0.529. The Labute approximate surface area is 689 Å². The summed E-state index contributed by atoms with van der Waals surface area (Å²) in [6, 6.07) is 23.4. The zero-order valence-corrected chi connectivity index (χ0v) is 71.0. The molecule has 5 heterocycles. The number of thioether (sulfide) groups is 1. The largest absolute Gasteiger partial charge is 0.501 e. The molecule has 4 saturated heterocycles. The number of thiazole rings is 1. The molecule has 0 radical (unpaired) electrons. The van der Waals surface area contributed by atoms with Crippen LogP contribution in [0.15, 0.2) is 153 Å². The maximum absolute atomic E-state index is 14.5. The summed E-state index contributed by atoms with van der Waals surface area (Å²) in [6.45, 7) is 27.4. The van der Waals surface area contributed by atoms with Crippen LogP contribution in [0.2, 0.25) is 5.02 Å². The lowest BCUT2D eigenvalue weighted by molar-refractivity contribution is -0.144. The van der Waals surface area contributed by atoms with E-state index in [1.807, 2.05) is 112 Å². The number of unbranched alkanes of at least 4 members (excludes halogenated alkanes) is 3. The molecule has 5 aromatic rings. The van der Waals surface area contributed by atoms with Gasteiger partial charge in [-0.2, -0.15) is 13.2 Å². The Kier molecular flexibility index (Phi) is 29.6. The average molecular weight is 1680 g/mol. The van der Waals surface area contributed by atoms with Crippen molar-refractivity contribution in [2.75, 3.05) is 114 Å². The van der Waals surface area contributed by atoms with Crippen LogP contribution in [0.4, 0.5) is 24.5 Å². The summed E-state index contributed by atoms with van der Waals surface area (Å²) in [6.07, 6.45) is 13.3. The predicted molar refractivity (Wildman–Crippen MR) is 448 cm³/mol. The number of morpholine rings is 1. The van der Waals surface area contributed by atoms with Crippen molar-refractivity contribution in [3.8, 4) is 0 Å². The molecule has 1 aromatic heterocycles. The van der Waals surface area contributed by atoms with Gasteiger partial charge in [0.2, 0.25) is 23.6 Å². The third-order valence-corrected chi connectivity index (χ3v) is 28.4. The van der Waals surface area contributed by atoms with E-state index in [1.165, 1.54) is 51.3 Å². The molecule has 5 N–H and O–H groups in total. The molecule has 6 aliphatic rings. The zero-order valence-electron chi connectivity index (χ0n) is 67.0. The number of aryl methyl sites for hydroxylation is 1. The highest BCUT2D eigenvalue weighted by atomic mass is 35.5. The molecular formula is C85H111ClF3N11O11S4. The highest BCUT2D eigenvalue weighted by Crippen LogP contribution is 2.46. The SMILES string of the molecule is C=C(/C=C\C(=C/C)[C@H](C)NC(=O)[C@@H]1C[C@@H](O)CN1C(=O)[C@@H](NC(=O)CCCCCCC(=O)N1CCN(C[C@]2(C)CCC(c3ccc(Cl)cc3)=C(CN3CCN(c4ccc(C(=O)NS(=O)(=O)c5ccc(N[C@H](CCN6CCOCC67CC7)CSc6ccccc6)c(S(=O)(=O)C(F)(F)F)c5)cc4)CC3)C2)CC1)C(C)(C)C)c1scnc1C. The van der Waals surface area contributed by atoms with E-state index < -0.39 is 94.3 Å². The van der Waals surface area contributed by atoms with Crippen molar-refractivity contribution >= 4 is 107 Å². The topological polar surface area (TPSA) is 264 Å². The second-order valence-electron chi connectivity index (χ2n) is 32.9. The summed E-state index contributed by atoms with van der Waals surface area (Å²) in [5.74, 6) is -1.68. The van der Waals surface area contributed by atoms with E-state index in [9.17, 15) is 59.1 Å². The number of anilines is 2. The molecule has 22 nitrogen and oxygen atoms in total. The van der Waals surface area contributed by atoms with Gasteiger partial charge >= 0.3 is 5.51 Å². The number of allylic oxidation sites excluding steroid dienone is 4. The standard InChI is InChI=1S/C85H111ClF3N11O11S4/c1-9-61(22-21-58(2)77-60(4)90-57-113-77)59(3)91-80(105)73-49-68(101)53-100(73)81(106)78(82(5,6)7)93-75(102)19-15-10-11-16-20-76(103)98-45-41-96(42-46-98)55-83(8)35-33-71(62-23-27-65(86)28-24-62)64(51-83)52-95-39-43-97(44-40-95)67-29-25-63(26-30-67)79(104)94-115(109,110)70-31-32-72(74(50-70)114(107,108)85(87,88)89)92-66(54-112-69-17-13-12-14-18-69)34-38-99-47-48-111-56-84(99)36-37-84/h9,12-14,17-18,21-32,50,57,59,66,68,73,78,92,101H,2,10-11,15-16,19-20,33-49,51-56H2,1,3-8H3,(H,91,105)(H,93,102)(H,94,104)/b22-21-,61-9+/t59-,66+,68+,73-,78+,83+/m0/s1. The molecule has 1 saturated carbocycles. The number of β-amino-alcohol motifs (C(OH)–C–C–N with tert-alkyl or cyclic N) is 1. The van der Waals surface area contributed by atoms with Crippen molar-refractivity contribution in [3.05, 3.63) is 165 Å². The molecule has 5 amide bonds. The maximum Gasteiger partial charge on any atom is 0.501 e. The van der Waals surface area contributed by atoms with Crippen LogP contribution in [0.25, 0.3) is 11.1 Å². The molecule has 115 heavy (non-hydrogen) atoms. The fourth-order valence-electron chi connectivity index (χ4n) is 16.3. The van der Waals surface area contributed by atoms with E-state index in [0.29, 0.717) is 95.0 Å². The second kappa shape index (κ2) is 38.5. The van der Waals surface area contributed by atoms with Crippen molar-refractivity contribution in [3.63, 3.8) is 0 Å². The van der Waals surface area contributed by atoms with E-state index in [4.69, 9.17) is 16.3 Å². The van der Waals surface area contributed by atoms with Gasteiger partial charge in [-0.25, -0.2) is 26.5 Å². The van der Waals surface area contributed by atoms with Gasteiger partial charge in [0, 0.05) is 143 Å². The number of aliphatic hydroxyl groups excluding tert-OH is 1. The average Bonchev–Trinajstić information content (AvgIpc) is 1.55. The number of sulfone groups is 1. The number of nitrogens with zero attached hydrogens (tertiary/aromatic N) is 7. The summed E-state index contributed by atoms with van der Waals surface area (Å²) in [5.41, 5.74) is 1.90. The quantitative estimate of drug-likeness (QED) is 0.0148. The molecule has 2 aliphatic carbocycles. The lowest BCUT2D eigenvalue weighted by Crippen LogP contribution is -2.58. The Hall–Kier alpha value is -7.45. The number of carbonyl (C=O) groups is 5. The number of hydrogen-bond acceptors (Lipinski definition) is 19. The van der Waals surface area contributed by atoms with Crippen molar-refractivity contribution in [1.82, 2.24) is 44.8 Å². The third-order valence-electron chi connectivity index (χ3n) is 23.1. The summed E-state index contributed by atoms with van der Waals surface area (Å²) < 4.78 is 106. The van der Waals surface area contributed by atoms with Crippen LogP contribution in [0.5, 0.6) is 0 Å². The van der Waals surface area contributed by atoms with Gasteiger partial charge in [-0.1, -0.05) is 113 Å². The third kappa shape index (κ3) is 23.1. The molecular weight excluding hydrogens is 1570 g/mol. The normalized spacial score (nSPS) is 21.0. The van der Waals surface area contributed by atoms with Crippen LogP contribution in [0, 0.1) is 17.8 Å². The smallest absolute Gasteiger partial charge is 0.391 e. The van der Waals surface area contributed by atoms with Crippen LogP contribution < -0.4 is 25.6 Å². The molecule has 1 spiro atoms. The summed E-state index contributed by atoms with van der Waals surface area (Å²) in [7, 11) is -11.0. The zero-order chi connectivity index (χ0) is 82.6. The van der Waals surface area contributed by atoms with Gasteiger partial charge in [0.15, 0.2) is 0 Å². The van der Waals surface area contributed by atoms with Gasteiger partial charge < -0.3 is 40.5 Å². The molecule has 11 rings (SSSR count). The molecule has 4 aliphatic heterocycles.